The molecule has 2 aromatic rings. The molecule has 0 aliphatic carbocycles. The third kappa shape index (κ3) is 1.19. The van der Waals surface area contributed by atoms with Crippen LogP contribution < -0.4 is 5.73 Å². The zero-order valence-electron chi connectivity index (χ0n) is 6.77. The van der Waals surface area contributed by atoms with E-state index in [1.807, 2.05) is 12.4 Å². The molecule has 0 aromatic carbocycles. The van der Waals surface area contributed by atoms with E-state index in [4.69, 9.17) is 5.73 Å². The Bertz CT molecular complexity index is 345. The first-order chi connectivity index (χ1) is 5.90. The molecular weight excluding hydrogens is 150 g/mol. The van der Waals surface area contributed by atoms with Crippen LogP contribution in [0.2, 0.25) is 0 Å². The van der Waals surface area contributed by atoms with Gasteiger partial charge >= 0.3 is 0 Å². The summed E-state index contributed by atoms with van der Waals surface area (Å²) in [6.07, 6.45) is 8.58. The Morgan fingerprint density at radius 2 is 2.42 bits per heavy atom. The van der Waals surface area contributed by atoms with Crippen molar-refractivity contribution in [3.8, 4) is 0 Å². The highest BCUT2D eigenvalue weighted by molar-refractivity contribution is 5.48. The Labute approximate surface area is 70.8 Å². The molecule has 0 saturated carbocycles. The van der Waals surface area contributed by atoms with Crippen molar-refractivity contribution in [2.75, 3.05) is 6.54 Å². The summed E-state index contributed by atoms with van der Waals surface area (Å²) in [5, 5.41) is 0. The summed E-state index contributed by atoms with van der Waals surface area (Å²) in [5.74, 6) is 0. The van der Waals surface area contributed by atoms with Crippen molar-refractivity contribution in [3.63, 3.8) is 0 Å². The van der Waals surface area contributed by atoms with Crippen molar-refractivity contribution >= 4 is 5.52 Å². The Balaban J connectivity index is 2.47. The Kier molecular flexibility index (Phi) is 1.80. The zero-order chi connectivity index (χ0) is 8.39. The normalized spacial score (nSPS) is 10.8. The van der Waals surface area contributed by atoms with Crippen LogP contribution in [-0.4, -0.2) is 15.9 Å². The molecule has 62 valence electrons. The largest absolute Gasteiger partial charge is 0.330 e. The maximum Gasteiger partial charge on any atom is 0.0636 e. The fourth-order valence-electron chi connectivity index (χ4n) is 1.32. The first kappa shape index (κ1) is 7.31. The van der Waals surface area contributed by atoms with Crippen LogP contribution in [0, 0.1) is 0 Å². The van der Waals surface area contributed by atoms with Crippen LogP contribution in [0.25, 0.3) is 5.52 Å². The molecule has 0 fully saturated rings. The fourth-order valence-corrected chi connectivity index (χ4v) is 1.32. The van der Waals surface area contributed by atoms with Gasteiger partial charge in [0.1, 0.15) is 0 Å². The number of hydrogen-bond donors (Lipinski definition) is 1. The lowest BCUT2D eigenvalue weighted by atomic mass is 10.2. The molecule has 3 heteroatoms. The lowest BCUT2D eigenvalue weighted by molar-refractivity contribution is 0.966. The van der Waals surface area contributed by atoms with Gasteiger partial charge in [-0.05, 0) is 24.6 Å². The third-order valence-corrected chi connectivity index (χ3v) is 1.89. The first-order valence-electron chi connectivity index (χ1n) is 4.01. The summed E-state index contributed by atoms with van der Waals surface area (Å²) in [4.78, 5) is 4.03. The van der Waals surface area contributed by atoms with Gasteiger partial charge in [0, 0.05) is 18.6 Å². The molecular formula is C9H11N3. The highest BCUT2D eigenvalue weighted by atomic mass is 14.9. The van der Waals surface area contributed by atoms with Gasteiger partial charge < -0.3 is 10.1 Å². The van der Waals surface area contributed by atoms with Crippen molar-refractivity contribution in [1.29, 1.82) is 0 Å². The van der Waals surface area contributed by atoms with Crippen LogP contribution in [-0.2, 0) is 6.42 Å². The quantitative estimate of drug-likeness (QED) is 0.709. The number of aromatic nitrogens is 2. The van der Waals surface area contributed by atoms with E-state index in [9.17, 15) is 0 Å². The van der Waals surface area contributed by atoms with Gasteiger partial charge in [-0.15, -0.1) is 0 Å². The summed E-state index contributed by atoms with van der Waals surface area (Å²) in [6.45, 7) is 0.699. The predicted octanol–water partition coefficient (Wildman–Crippen LogP) is 0.835. The average Bonchev–Trinajstić information content (AvgIpc) is 2.47. The van der Waals surface area contributed by atoms with E-state index in [0.29, 0.717) is 6.54 Å². The van der Waals surface area contributed by atoms with E-state index >= 15 is 0 Å². The van der Waals surface area contributed by atoms with Gasteiger partial charge in [0.2, 0.25) is 0 Å². The maximum absolute atomic E-state index is 5.46. The van der Waals surface area contributed by atoms with Crippen LogP contribution in [0.5, 0.6) is 0 Å². The number of nitrogens with two attached hydrogens (primary N) is 1. The highest BCUT2D eigenvalue weighted by Gasteiger charge is 1.96. The second-order valence-corrected chi connectivity index (χ2v) is 2.80. The van der Waals surface area contributed by atoms with E-state index in [0.717, 1.165) is 11.9 Å². The number of fused-ring (bicyclic) bond motifs is 1. The van der Waals surface area contributed by atoms with Gasteiger partial charge in [0.15, 0.2) is 0 Å². The Hall–Kier alpha value is -1.35. The van der Waals surface area contributed by atoms with Crippen molar-refractivity contribution in [2.45, 2.75) is 6.42 Å². The topological polar surface area (TPSA) is 43.3 Å². The summed E-state index contributed by atoms with van der Waals surface area (Å²) in [5.41, 5.74) is 7.85. The average molecular weight is 161 g/mol. The van der Waals surface area contributed by atoms with E-state index in [2.05, 4.69) is 21.6 Å². The molecule has 0 spiro atoms. The second-order valence-electron chi connectivity index (χ2n) is 2.80. The van der Waals surface area contributed by atoms with Crippen LogP contribution >= 0.6 is 0 Å². The molecule has 0 unspecified atom stereocenters. The van der Waals surface area contributed by atoms with Crippen molar-refractivity contribution in [2.24, 2.45) is 5.73 Å². The minimum absolute atomic E-state index is 0.699. The fraction of sp³-hybridized carbons (Fsp3) is 0.222. The zero-order valence-corrected chi connectivity index (χ0v) is 6.77. The summed E-state index contributed by atoms with van der Waals surface area (Å²) < 4.78 is 2.05. The van der Waals surface area contributed by atoms with Crippen molar-refractivity contribution in [1.82, 2.24) is 9.38 Å². The molecule has 0 atom stereocenters. The minimum Gasteiger partial charge on any atom is -0.330 e. The van der Waals surface area contributed by atoms with Crippen LogP contribution in [0.15, 0.2) is 30.9 Å². The molecule has 3 nitrogen and oxygen atoms in total. The summed E-state index contributed by atoms with van der Waals surface area (Å²) in [7, 11) is 0. The molecule has 0 bridgehead atoms. The molecule has 0 aliphatic heterocycles. The van der Waals surface area contributed by atoms with Gasteiger partial charge in [-0.3, -0.25) is 4.98 Å². The van der Waals surface area contributed by atoms with E-state index in [1.165, 1.54) is 5.56 Å². The molecule has 12 heavy (non-hydrogen) atoms. The van der Waals surface area contributed by atoms with Crippen molar-refractivity contribution in [3.05, 3.63) is 36.4 Å². The lowest BCUT2D eigenvalue weighted by Gasteiger charge is -1.89. The smallest absolute Gasteiger partial charge is 0.0636 e. The summed E-state index contributed by atoms with van der Waals surface area (Å²) in [6, 6.07) is 2.11. The standard InChI is InChI=1S/C9H11N3/c10-2-1-8-5-9-6-11-3-4-12(9)7-8/h3-7H,1-2,10H2. The maximum atomic E-state index is 5.46. The molecule has 2 N–H and O–H groups in total. The molecule has 2 heterocycles. The first-order valence-corrected chi connectivity index (χ1v) is 4.01. The summed E-state index contributed by atoms with van der Waals surface area (Å²) >= 11 is 0. The molecule has 0 amide bonds. The minimum atomic E-state index is 0.699. The van der Waals surface area contributed by atoms with Gasteiger partial charge in [-0.2, -0.15) is 0 Å². The van der Waals surface area contributed by atoms with E-state index in [-0.39, 0.29) is 0 Å². The molecule has 0 saturated heterocycles. The van der Waals surface area contributed by atoms with Crippen molar-refractivity contribution < 1.29 is 0 Å². The SMILES string of the molecule is NCCc1cc2cnccn2c1. The monoisotopic (exact) mass is 161 g/mol. The Morgan fingerprint density at radius 3 is 3.17 bits per heavy atom. The lowest BCUT2D eigenvalue weighted by Crippen LogP contribution is -2.01. The predicted molar refractivity (Wildman–Crippen MR) is 48.0 cm³/mol. The van der Waals surface area contributed by atoms with Gasteiger partial charge in [-0.25, -0.2) is 0 Å². The highest BCUT2D eigenvalue weighted by Crippen LogP contribution is 2.07. The second kappa shape index (κ2) is 2.95. The molecule has 2 aromatic heterocycles. The van der Waals surface area contributed by atoms with Gasteiger partial charge in [0.05, 0.1) is 11.7 Å². The van der Waals surface area contributed by atoms with Gasteiger partial charge in [0.25, 0.3) is 0 Å². The molecule has 2 rings (SSSR count). The number of nitrogens with zero attached hydrogens (tertiary/aromatic N) is 2. The number of rotatable bonds is 2. The Morgan fingerprint density at radius 1 is 1.50 bits per heavy atom. The third-order valence-electron chi connectivity index (χ3n) is 1.89. The van der Waals surface area contributed by atoms with Crippen LogP contribution in [0.4, 0.5) is 0 Å². The van der Waals surface area contributed by atoms with Crippen LogP contribution in [0.1, 0.15) is 5.56 Å². The van der Waals surface area contributed by atoms with E-state index < -0.39 is 0 Å². The molecule has 0 radical (unpaired) electrons. The van der Waals surface area contributed by atoms with Crippen LogP contribution in [0.3, 0.4) is 0 Å². The van der Waals surface area contributed by atoms with E-state index in [1.54, 1.807) is 6.20 Å². The number of hydrogen-bond acceptors (Lipinski definition) is 2. The van der Waals surface area contributed by atoms with Gasteiger partial charge in [-0.1, -0.05) is 0 Å². The molecule has 0 aliphatic rings.